The van der Waals surface area contributed by atoms with Crippen LogP contribution in [0.25, 0.3) is 10.9 Å². The largest absolute Gasteiger partial charge is 0.480 e. The summed E-state index contributed by atoms with van der Waals surface area (Å²) in [5, 5.41) is 21.7. The molecule has 1 N–H and O–H groups in total. The van der Waals surface area contributed by atoms with Crippen LogP contribution in [0.15, 0.2) is 77.7 Å². The van der Waals surface area contributed by atoms with Gasteiger partial charge in [0, 0.05) is 41.3 Å². The summed E-state index contributed by atoms with van der Waals surface area (Å²) in [5.74, 6) is -1.43. The van der Waals surface area contributed by atoms with Crippen molar-refractivity contribution in [1.82, 2.24) is 8.87 Å². The van der Waals surface area contributed by atoms with Gasteiger partial charge in [0.15, 0.2) is 0 Å². The van der Waals surface area contributed by atoms with Crippen LogP contribution in [0, 0.1) is 15.9 Å². The first-order valence-electron chi connectivity index (χ1n) is 14.0. The lowest BCUT2D eigenvalue weighted by molar-refractivity contribution is -0.384. The van der Waals surface area contributed by atoms with Crippen LogP contribution in [-0.2, 0) is 34.1 Å². The summed E-state index contributed by atoms with van der Waals surface area (Å²) in [6.07, 6.45) is 2.70. The first-order valence-corrected chi connectivity index (χ1v) is 15.4. The number of nitro groups is 1. The zero-order valence-corrected chi connectivity index (χ0v) is 24.0. The molecule has 0 radical (unpaired) electrons. The number of hydrogen-bond donors (Lipinski definition) is 1. The van der Waals surface area contributed by atoms with E-state index in [1.54, 1.807) is 17.6 Å². The van der Waals surface area contributed by atoms with Crippen LogP contribution in [0.1, 0.15) is 49.0 Å². The van der Waals surface area contributed by atoms with E-state index in [9.17, 15) is 32.8 Å². The normalized spacial score (nSPS) is 15.9. The zero-order valence-electron chi connectivity index (χ0n) is 23.1. The summed E-state index contributed by atoms with van der Waals surface area (Å²) in [7, 11) is -4.05. The van der Waals surface area contributed by atoms with Gasteiger partial charge in [0.1, 0.15) is 11.9 Å². The zero-order chi connectivity index (χ0) is 30.0. The monoisotopic (exact) mass is 593 g/mol. The second-order valence-corrected chi connectivity index (χ2v) is 12.5. The van der Waals surface area contributed by atoms with Crippen molar-refractivity contribution in [3.05, 3.63) is 106 Å². The lowest BCUT2D eigenvalue weighted by Crippen LogP contribution is -2.44. The molecule has 0 bridgehead atoms. The fraction of sp³-hybridized carbons (Fsp3) is 0.323. The first kappa shape index (κ1) is 29.4. The van der Waals surface area contributed by atoms with Gasteiger partial charge in [-0.1, -0.05) is 37.3 Å². The number of benzene rings is 3. The number of sulfonamides is 1. The highest BCUT2D eigenvalue weighted by molar-refractivity contribution is 7.89. The number of non-ortho nitro benzene ring substituents is 1. The van der Waals surface area contributed by atoms with Gasteiger partial charge in [0.25, 0.3) is 5.69 Å². The highest BCUT2D eigenvalue weighted by atomic mass is 32.2. The van der Waals surface area contributed by atoms with E-state index < -0.39 is 38.8 Å². The molecule has 1 aromatic heterocycles. The molecule has 0 amide bonds. The molecule has 1 heterocycles. The first-order chi connectivity index (χ1) is 20.1. The van der Waals surface area contributed by atoms with Gasteiger partial charge < -0.3 is 9.67 Å². The van der Waals surface area contributed by atoms with Crippen molar-refractivity contribution >= 4 is 32.6 Å². The lowest BCUT2D eigenvalue weighted by Gasteiger charge is -2.34. The SMILES string of the molecule is CCC(C(=O)O)n1c2c(c3cc(F)ccc31)CC(N(CCCc1ccccc1)S(=O)(=O)c1ccc([N+](=O)[O-])cc1)CC2. The number of carboxylic acid groups (broad SMARTS) is 1. The van der Waals surface area contributed by atoms with Crippen molar-refractivity contribution in [3.63, 3.8) is 0 Å². The molecule has 0 fully saturated rings. The Labute approximate surface area is 243 Å². The van der Waals surface area contributed by atoms with Gasteiger partial charge >= 0.3 is 5.97 Å². The second-order valence-electron chi connectivity index (χ2n) is 10.6. The van der Waals surface area contributed by atoms with Crippen LogP contribution >= 0.6 is 0 Å². The third-order valence-electron chi connectivity index (χ3n) is 8.07. The van der Waals surface area contributed by atoms with E-state index >= 15 is 0 Å². The molecule has 3 aromatic carbocycles. The Morgan fingerprint density at radius 1 is 1.14 bits per heavy atom. The van der Waals surface area contributed by atoms with Crippen molar-refractivity contribution in [2.45, 2.75) is 62.4 Å². The minimum Gasteiger partial charge on any atom is -0.480 e. The molecule has 9 nitrogen and oxygen atoms in total. The van der Waals surface area contributed by atoms with Crippen LogP contribution in [0.4, 0.5) is 10.1 Å². The van der Waals surface area contributed by atoms with Crippen LogP contribution in [0.3, 0.4) is 0 Å². The van der Waals surface area contributed by atoms with E-state index in [1.807, 2.05) is 30.3 Å². The van der Waals surface area contributed by atoms with E-state index in [-0.39, 0.29) is 23.5 Å². The quantitative estimate of drug-likeness (QED) is 0.171. The third-order valence-corrected chi connectivity index (χ3v) is 10.0. The fourth-order valence-corrected chi connectivity index (χ4v) is 7.77. The van der Waals surface area contributed by atoms with E-state index in [1.165, 1.54) is 40.7 Å². The Morgan fingerprint density at radius 3 is 2.50 bits per heavy atom. The number of aromatic nitrogens is 1. The summed E-state index contributed by atoms with van der Waals surface area (Å²) in [6, 6.07) is 17.6. The molecule has 2 atom stereocenters. The van der Waals surface area contributed by atoms with Crippen LogP contribution in [-0.4, -0.2) is 45.9 Å². The van der Waals surface area contributed by atoms with Gasteiger partial charge in [-0.2, -0.15) is 4.31 Å². The Kier molecular flexibility index (Phi) is 8.42. The summed E-state index contributed by atoms with van der Waals surface area (Å²) in [5.41, 5.74) is 3.04. The summed E-state index contributed by atoms with van der Waals surface area (Å²) in [6.45, 7) is 2.01. The summed E-state index contributed by atoms with van der Waals surface area (Å²) in [4.78, 5) is 22.7. The highest BCUT2D eigenvalue weighted by Gasteiger charge is 2.37. The van der Waals surface area contributed by atoms with Gasteiger partial charge in [0.05, 0.1) is 9.82 Å². The van der Waals surface area contributed by atoms with Gasteiger partial charge in [-0.05, 0) is 80.0 Å². The molecule has 11 heteroatoms. The smallest absolute Gasteiger partial charge is 0.326 e. The molecule has 5 rings (SSSR count). The average molecular weight is 594 g/mol. The topological polar surface area (TPSA) is 123 Å². The van der Waals surface area contributed by atoms with E-state index in [4.69, 9.17) is 0 Å². The second kappa shape index (κ2) is 12.0. The lowest BCUT2D eigenvalue weighted by atomic mass is 9.91. The Bertz CT molecular complexity index is 1720. The molecule has 4 aromatic rings. The van der Waals surface area contributed by atoms with Crippen LogP contribution in [0.2, 0.25) is 0 Å². The number of rotatable bonds is 11. The van der Waals surface area contributed by atoms with Crippen molar-refractivity contribution in [1.29, 1.82) is 0 Å². The van der Waals surface area contributed by atoms with Crippen LogP contribution in [0.5, 0.6) is 0 Å². The summed E-state index contributed by atoms with van der Waals surface area (Å²) < 4.78 is 45.8. The number of fused-ring (bicyclic) bond motifs is 3. The maximum Gasteiger partial charge on any atom is 0.326 e. The number of halogens is 1. The molecule has 0 saturated heterocycles. The Balaban J connectivity index is 1.54. The predicted molar refractivity (Wildman–Crippen MR) is 156 cm³/mol. The van der Waals surface area contributed by atoms with Gasteiger partial charge in [-0.15, -0.1) is 0 Å². The number of carboxylic acids is 1. The van der Waals surface area contributed by atoms with Gasteiger partial charge in [-0.25, -0.2) is 17.6 Å². The number of nitro benzene ring substituents is 1. The maximum absolute atomic E-state index is 14.5. The molecular formula is C31H32FN3O6S. The number of hydrogen-bond acceptors (Lipinski definition) is 5. The number of nitrogens with zero attached hydrogens (tertiary/aromatic N) is 3. The number of carbonyl (C=O) groups is 1. The van der Waals surface area contributed by atoms with Crippen molar-refractivity contribution in [2.24, 2.45) is 0 Å². The number of aliphatic carboxylic acids is 1. The van der Waals surface area contributed by atoms with E-state index in [0.29, 0.717) is 43.0 Å². The third kappa shape index (κ3) is 5.66. The fourth-order valence-electron chi connectivity index (χ4n) is 6.07. The molecular weight excluding hydrogens is 561 g/mol. The highest BCUT2D eigenvalue weighted by Crippen LogP contribution is 2.38. The minimum absolute atomic E-state index is 0.0380. The molecule has 0 aliphatic heterocycles. The molecule has 0 saturated carbocycles. The molecule has 0 spiro atoms. The van der Waals surface area contributed by atoms with Gasteiger partial charge in [-0.3, -0.25) is 10.1 Å². The van der Waals surface area contributed by atoms with Crippen molar-refractivity contribution in [2.75, 3.05) is 6.54 Å². The molecule has 42 heavy (non-hydrogen) atoms. The molecule has 2 unspecified atom stereocenters. The van der Waals surface area contributed by atoms with E-state index in [2.05, 4.69) is 0 Å². The van der Waals surface area contributed by atoms with E-state index in [0.717, 1.165) is 16.8 Å². The van der Waals surface area contributed by atoms with Crippen molar-refractivity contribution < 1.29 is 27.6 Å². The average Bonchev–Trinajstić information content (AvgIpc) is 3.28. The predicted octanol–water partition coefficient (Wildman–Crippen LogP) is 5.91. The Morgan fingerprint density at radius 2 is 1.86 bits per heavy atom. The molecule has 220 valence electrons. The minimum atomic E-state index is -4.05. The molecule has 1 aliphatic carbocycles. The van der Waals surface area contributed by atoms with Crippen LogP contribution < -0.4 is 0 Å². The number of aryl methyl sites for hydroxylation is 1. The molecule has 1 aliphatic rings. The van der Waals surface area contributed by atoms with Crippen molar-refractivity contribution in [3.8, 4) is 0 Å². The summed E-state index contributed by atoms with van der Waals surface area (Å²) >= 11 is 0. The Hall–Kier alpha value is -4.09. The van der Waals surface area contributed by atoms with Gasteiger partial charge in [0.2, 0.25) is 10.0 Å². The standard InChI is InChI=1S/C31H32FN3O6S/c1-2-28(31(36)37)34-29-16-10-22(32)19-26(29)27-20-24(13-17-30(27)34)33(18-6-9-21-7-4-3-5-8-21)42(40,41)25-14-11-23(12-15-25)35(38)39/h3-5,7-8,10-12,14-16,19,24,28H,2,6,9,13,17-18,20H2,1H3,(H,36,37). The maximum atomic E-state index is 14.5.